The van der Waals surface area contributed by atoms with Crippen molar-refractivity contribution in [2.75, 3.05) is 6.54 Å². The zero-order chi connectivity index (χ0) is 15.4. The maximum atomic E-state index is 13.0. The van der Waals surface area contributed by atoms with Gasteiger partial charge in [-0.2, -0.15) is 0 Å². The lowest BCUT2D eigenvalue weighted by Crippen LogP contribution is -2.16. The van der Waals surface area contributed by atoms with Crippen molar-refractivity contribution in [3.8, 4) is 0 Å². The second-order valence-electron chi connectivity index (χ2n) is 4.99. The monoisotopic (exact) mass is 291 g/mol. The van der Waals surface area contributed by atoms with Crippen LogP contribution in [0.25, 0.3) is 0 Å². The maximum Gasteiger partial charge on any atom is 0.339 e. The Hall–Kier alpha value is -2.14. The molecule has 0 saturated carbocycles. The molecule has 0 radical (unpaired) electrons. The van der Waals surface area contributed by atoms with Gasteiger partial charge in [-0.15, -0.1) is 0 Å². The zero-order valence-electron chi connectivity index (χ0n) is 12.1. The summed E-state index contributed by atoms with van der Waals surface area (Å²) in [5.74, 6) is -0.199. The number of aromatic carboxylic acids is 1. The SMILES string of the molecule is Cc1cc(F)ccc1CCNCc1cc(C(=O)O)c(C)o1. The van der Waals surface area contributed by atoms with Gasteiger partial charge in [0, 0.05) is 0 Å². The third kappa shape index (κ3) is 3.92. The van der Waals surface area contributed by atoms with E-state index in [1.54, 1.807) is 13.0 Å². The molecule has 1 aromatic carbocycles. The van der Waals surface area contributed by atoms with Crippen LogP contribution in [0.1, 0.15) is 33.0 Å². The van der Waals surface area contributed by atoms with E-state index >= 15 is 0 Å². The van der Waals surface area contributed by atoms with Crippen molar-refractivity contribution >= 4 is 5.97 Å². The molecule has 1 heterocycles. The number of aryl methyl sites for hydroxylation is 2. The summed E-state index contributed by atoms with van der Waals surface area (Å²) < 4.78 is 18.4. The number of carbonyl (C=O) groups is 1. The molecule has 2 N–H and O–H groups in total. The van der Waals surface area contributed by atoms with Crippen LogP contribution in [-0.4, -0.2) is 17.6 Å². The van der Waals surface area contributed by atoms with E-state index in [4.69, 9.17) is 9.52 Å². The Balaban J connectivity index is 1.84. The van der Waals surface area contributed by atoms with E-state index in [0.29, 0.717) is 24.6 Å². The number of furan rings is 1. The minimum atomic E-state index is -0.982. The molecular formula is C16H18FNO3. The Labute approximate surface area is 122 Å². The fourth-order valence-electron chi connectivity index (χ4n) is 2.22. The molecule has 0 spiro atoms. The topological polar surface area (TPSA) is 62.5 Å². The molecule has 2 aromatic rings. The van der Waals surface area contributed by atoms with Crippen molar-refractivity contribution in [1.82, 2.24) is 5.32 Å². The third-order valence-electron chi connectivity index (χ3n) is 3.37. The fraction of sp³-hybridized carbons (Fsp3) is 0.312. The van der Waals surface area contributed by atoms with Crippen molar-refractivity contribution < 1.29 is 18.7 Å². The molecule has 0 aliphatic rings. The predicted molar refractivity (Wildman–Crippen MR) is 77.0 cm³/mol. The number of rotatable bonds is 6. The van der Waals surface area contributed by atoms with Crippen LogP contribution < -0.4 is 5.32 Å². The molecule has 0 unspecified atom stereocenters. The van der Waals surface area contributed by atoms with E-state index in [1.807, 2.05) is 6.92 Å². The van der Waals surface area contributed by atoms with Crippen LogP contribution in [-0.2, 0) is 13.0 Å². The van der Waals surface area contributed by atoms with Crippen molar-refractivity contribution in [2.24, 2.45) is 0 Å². The highest BCUT2D eigenvalue weighted by molar-refractivity contribution is 5.88. The molecule has 2 rings (SSSR count). The van der Waals surface area contributed by atoms with Gasteiger partial charge in [0.05, 0.1) is 6.54 Å². The standard InChI is InChI=1S/C16H18FNO3/c1-10-7-13(17)4-3-12(10)5-6-18-9-14-8-15(16(19)20)11(2)21-14/h3-4,7-8,18H,5-6,9H2,1-2H3,(H,19,20). The molecule has 4 nitrogen and oxygen atoms in total. The number of carboxylic acid groups (broad SMARTS) is 1. The molecule has 112 valence electrons. The molecular weight excluding hydrogens is 273 g/mol. The van der Waals surface area contributed by atoms with E-state index in [2.05, 4.69) is 5.32 Å². The first-order chi connectivity index (χ1) is 9.97. The lowest BCUT2D eigenvalue weighted by atomic mass is 10.1. The van der Waals surface area contributed by atoms with Crippen LogP contribution in [0.4, 0.5) is 4.39 Å². The summed E-state index contributed by atoms with van der Waals surface area (Å²) in [6.45, 7) is 4.69. The molecule has 0 aliphatic carbocycles. The molecule has 0 saturated heterocycles. The lowest BCUT2D eigenvalue weighted by Gasteiger charge is -2.06. The van der Waals surface area contributed by atoms with E-state index in [9.17, 15) is 9.18 Å². The van der Waals surface area contributed by atoms with Crippen LogP contribution in [0, 0.1) is 19.7 Å². The third-order valence-corrected chi connectivity index (χ3v) is 3.37. The van der Waals surface area contributed by atoms with Gasteiger partial charge in [0.15, 0.2) is 0 Å². The highest BCUT2D eigenvalue weighted by atomic mass is 19.1. The minimum Gasteiger partial charge on any atom is -0.478 e. The van der Waals surface area contributed by atoms with E-state index in [-0.39, 0.29) is 11.4 Å². The van der Waals surface area contributed by atoms with Gasteiger partial charge in [0.1, 0.15) is 22.9 Å². The second kappa shape index (κ2) is 6.54. The van der Waals surface area contributed by atoms with Gasteiger partial charge in [-0.3, -0.25) is 0 Å². The Morgan fingerprint density at radius 3 is 2.71 bits per heavy atom. The zero-order valence-corrected chi connectivity index (χ0v) is 12.1. The second-order valence-corrected chi connectivity index (χ2v) is 4.99. The van der Waals surface area contributed by atoms with Gasteiger partial charge in [-0.05, 0) is 56.1 Å². The number of hydrogen-bond donors (Lipinski definition) is 2. The van der Waals surface area contributed by atoms with Crippen LogP contribution in [0.5, 0.6) is 0 Å². The molecule has 1 aromatic heterocycles. The Morgan fingerprint density at radius 2 is 2.10 bits per heavy atom. The summed E-state index contributed by atoms with van der Waals surface area (Å²) in [6, 6.07) is 6.29. The summed E-state index contributed by atoms with van der Waals surface area (Å²) in [6.07, 6.45) is 0.775. The number of carboxylic acids is 1. The predicted octanol–water partition coefficient (Wildman–Crippen LogP) is 3.07. The number of hydrogen-bond acceptors (Lipinski definition) is 3. The van der Waals surface area contributed by atoms with Gasteiger partial charge in [-0.1, -0.05) is 6.07 Å². The first-order valence-electron chi connectivity index (χ1n) is 6.75. The normalized spacial score (nSPS) is 10.8. The Bertz CT molecular complexity index is 649. The summed E-state index contributed by atoms with van der Waals surface area (Å²) in [5.41, 5.74) is 2.21. The van der Waals surface area contributed by atoms with E-state index < -0.39 is 5.97 Å². The lowest BCUT2D eigenvalue weighted by molar-refractivity contribution is 0.0695. The Morgan fingerprint density at radius 1 is 1.33 bits per heavy atom. The number of nitrogens with one attached hydrogen (secondary N) is 1. The number of halogens is 1. The summed E-state index contributed by atoms with van der Waals surface area (Å²) in [5, 5.41) is 12.1. The first-order valence-corrected chi connectivity index (χ1v) is 6.75. The van der Waals surface area contributed by atoms with Crippen molar-refractivity contribution in [3.63, 3.8) is 0 Å². The molecule has 0 aliphatic heterocycles. The molecule has 0 amide bonds. The van der Waals surface area contributed by atoms with Gasteiger partial charge >= 0.3 is 5.97 Å². The first kappa shape index (κ1) is 15.3. The quantitative estimate of drug-likeness (QED) is 0.803. The van der Waals surface area contributed by atoms with Crippen LogP contribution in [0.2, 0.25) is 0 Å². The van der Waals surface area contributed by atoms with Gasteiger partial charge in [0.25, 0.3) is 0 Å². The summed E-state index contributed by atoms with van der Waals surface area (Å²) >= 11 is 0. The molecule has 0 bridgehead atoms. The molecule has 5 heteroatoms. The van der Waals surface area contributed by atoms with E-state index in [0.717, 1.165) is 17.5 Å². The fourth-order valence-corrected chi connectivity index (χ4v) is 2.22. The molecule has 0 atom stereocenters. The van der Waals surface area contributed by atoms with Gasteiger partial charge < -0.3 is 14.8 Å². The number of benzene rings is 1. The molecule has 21 heavy (non-hydrogen) atoms. The highest BCUT2D eigenvalue weighted by Gasteiger charge is 2.13. The van der Waals surface area contributed by atoms with Crippen LogP contribution in [0.3, 0.4) is 0 Å². The summed E-state index contributed by atoms with van der Waals surface area (Å²) in [7, 11) is 0. The van der Waals surface area contributed by atoms with Crippen molar-refractivity contribution in [3.05, 3.63) is 58.3 Å². The van der Waals surface area contributed by atoms with Gasteiger partial charge in [-0.25, -0.2) is 9.18 Å². The minimum absolute atomic E-state index is 0.196. The average Bonchev–Trinajstić information content (AvgIpc) is 2.78. The van der Waals surface area contributed by atoms with Crippen LogP contribution >= 0.6 is 0 Å². The van der Waals surface area contributed by atoms with Gasteiger partial charge in [0.2, 0.25) is 0 Å². The van der Waals surface area contributed by atoms with Crippen molar-refractivity contribution in [2.45, 2.75) is 26.8 Å². The largest absolute Gasteiger partial charge is 0.478 e. The van der Waals surface area contributed by atoms with E-state index in [1.165, 1.54) is 18.2 Å². The highest BCUT2D eigenvalue weighted by Crippen LogP contribution is 2.14. The molecule has 0 fully saturated rings. The summed E-state index contributed by atoms with van der Waals surface area (Å²) in [4.78, 5) is 10.9. The average molecular weight is 291 g/mol. The van der Waals surface area contributed by atoms with Crippen molar-refractivity contribution in [1.29, 1.82) is 0 Å². The smallest absolute Gasteiger partial charge is 0.339 e. The maximum absolute atomic E-state index is 13.0. The van der Waals surface area contributed by atoms with Crippen LogP contribution in [0.15, 0.2) is 28.7 Å². The Kier molecular flexibility index (Phi) is 4.75.